The van der Waals surface area contributed by atoms with E-state index in [1.807, 2.05) is 19.9 Å². The predicted octanol–water partition coefficient (Wildman–Crippen LogP) is 2.11. The molecule has 1 atom stereocenters. The molecular formula is C16H20ClN5O3S. The first kappa shape index (κ1) is 20.2. The van der Waals surface area contributed by atoms with E-state index in [1.165, 1.54) is 11.8 Å². The van der Waals surface area contributed by atoms with Crippen molar-refractivity contribution in [3.8, 4) is 5.69 Å². The Hall–Kier alpha value is -2.13. The number of benzene rings is 1. The first-order valence-electron chi connectivity index (χ1n) is 7.95. The van der Waals surface area contributed by atoms with Crippen molar-refractivity contribution in [1.82, 2.24) is 25.5 Å². The van der Waals surface area contributed by atoms with Gasteiger partial charge in [-0.25, -0.2) is 4.79 Å². The Labute approximate surface area is 160 Å². The molecule has 26 heavy (non-hydrogen) atoms. The summed E-state index contributed by atoms with van der Waals surface area (Å²) in [5.41, 5.74) is 0.692. The average Bonchev–Trinajstić information content (AvgIpc) is 3.07. The maximum atomic E-state index is 12.2. The highest BCUT2D eigenvalue weighted by atomic mass is 35.5. The molecule has 1 aromatic heterocycles. The summed E-state index contributed by atoms with van der Waals surface area (Å²) in [4.78, 5) is 24.0. The summed E-state index contributed by atoms with van der Waals surface area (Å²) in [5.74, 6) is -0.457. The fourth-order valence-corrected chi connectivity index (χ4v) is 3.12. The molecule has 0 aliphatic rings. The standard InChI is InChI=1S/C16H20ClN5O3S/c1-10(2)7-13(15(24)25-3)18-14(23)9-26-16-19-20-21-22(16)12-6-4-5-11(17)8-12/h4-6,8,10,13H,7,9H2,1-3H3,(H,18,23)/t13-/m0/s1. The lowest BCUT2D eigenvalue weighted by atomic mass is 10.0. The van der Waals surface area contributed by atoms with Crippen molar-refractivity contribution in [2.45, 2.75) is 31.5 Å². The number of rotatable bonds is 8. The van der Waals surface area contributed by atoms with Crippen LogP contribution < -0.4 is 5.32 Å². The molecule has 8 nitrogen and oxygen atoms in total. The van der Waals surface area contributed by atoms with Gasteiger partial charge < -0.3 is 10.1 Å². The zero-order valence-electron chi connectivity index (χ0n) is 14.7. The van der Waals surface area contributed by atoms with Gasteiger partial charge in [0.1, 0.15) is 6.04 Å². The van der Waals surface area contributed by atoms with Crippen LogP contribution in [0.5, 0.6) is 0 Å². The van der Waals surface area contributed by atoms with Gasteiger partial charge in [0.2, 0.25) is 11.1 Å². The number of tetrazole rings is 1. The Morgan fingerprint density at radius 3 is 2.81 bits per heavy atom. The highest BCUT2D eigenvalue weighted by Gasteiger charge is 2.23. The van der Waals surface area contributed by atoms with Crippen LogP contribution in [-0.4, -0.2) is 51.0 Å². The Balaban J connectivity index is 1.99. The molecule has 10 heteroatoms. The highest BCUT2D eigenvalue weighted by molar-refractivity contribution is 7.99. The Morgan fingerprint density at radius 2 is 2.15 bits per heavy atom. The lowest BCUT2D eigenvalue weighted by Gasteiger charge is -2.18. The lowest BCUT2D eigenvalue weighted by molar-refractivity contribution is -0.145. The van der Waals surface area contributed by atoms with E-state index in [0.29, 0.717) is 22.3 Å². The number of halogens is 1. The number of nitrogens with one attached hydrogen (secondary N) is 1. The van der Waals surface area contributed by atoms with Gasteiger partial charge in [0.15, 0.2) is 0 Å². The molecule has 0 saturated carbocycles. The molecule has 0 bridgehead atoms. The Kier molecular flexibility index (Phi) is 7.40. The van der Waals surface area contributed by atoms with Crippen LogP contribution >= 0.6 is 23.4 Å². The molecule has 0 fully saturated rings. The third kappa shape index (κ3) is 5.70. The normalized spacial score (nSPS) is 12.0. The van der Waals surface area contributed by atoms with Crippen molar-refractivity contribution >= 4 is 35.2 Å². The van der Waals surface area contributed by atoms with E-state index in [2.05, 4.69) is 20.8 Å². The molecule has 0 radical (unpaired) electrons. The number of aromatic nitrogens is 4. The van der Waals surface area contributed by atoms with Crippen LogP contribution in [0.2, 0.25) is 5.02 Å². The van der Waals surface area contributed by atoms with Gasteiger partial charge in [-0.1, -0.05) is 43.3 Å². The van der Waals surface area contributed by atoms with E-state index < -0.39 is 12.0 Å². The second kappa shape index (κ2) is 9.54. The zero-order valence-corrected chi connectivity index (χ0v) is 16.3. The number of amides is 1. The molecule has 2 rings (SSSR count). The van der Waals surface area contributed by atoms with E-state index in [-0.39, 0.29) is 17.6 Å². The molecule has 140 valence electrons. The number of thioether (sulfide) groups is 1. The van der Waals surface area contributed by atoms with Gasteiger partial charge in [-0.05, 0) is 41.0 Å². The molecule has 1 aromatic carbocycles. The second-order valence-electron chi connectivity index (χ2n) is 5.91. The number of carbonyl (C=O) groups is 2. The quantitative estimate of drug-likeness (QED) is 0.538. The number of esters is 1. The van der Waals surface area contributed by atoms with Crippen molar-refractivity contribution in [2.75, 3.05) is 12.9 Å². The summed E-state index contributed by atoms with van der Waals surface area (Å²) >= 11 is 7.15. The lowest BCUT2D eigenvalue weighted by Crippen LogP contribution is -2.43. The largest absolute Gasteiger partial charge is 0.467 e. The number of methoxy groups -OCH3 is 1. The van der Waals surface area contributed by atoms with Crippen LogP contribution in [0, 0.1) is 5.92 Å². The van der Waals surface area contributed by atoms with Gasteiger partial charge in [-0.3, -0.25) is 4.79 Å². The first-order valence-corrected chi connectivity index (χ1v) is 9.31. The number of carbonyl (C=O) groups excluding carboxylic acids is 2. The monoisotopic (exact) mass is 397 g/mol. The number of nitrogens with zero attached hydrogens (tertiary/aromatic N) is 4. The first-order chi connectivity index (χ1) is 12.4. The number of hydrogen-bond donors (Lipinski definition) is 1. The van der Waals surface area contributed by atoms with E-state index in [1.54, 1.807) is 18.2 Å². The van der Waals surface area contributed by atoms with Crippen molar-refractivity contribution in [3.63, 3.8) is 0 Å². The van der Waals surface area contributed by atoms with Gasteiger partial charge >= 0.3 is 5.97 Å². The zero-order chi connectivity index (χ0) is 19.1. The minimum Gasteiger partial charge on any atom is -0.467 e. The van der Waals surface area contributed by atoms with Crippen LogP contribution in [0.3, 0.4) is 0 Å². The van der Waals surface area contributed by atoms with Gasteiger partial charge in [0.05, 0.1) is 18.6 Å². The van der Waals surface area contributed by atoms with Crippen LogP contribution in [0.25, 0.3) is 5.69 Å². The molecule has 0 saturated heterocycles. The van der Waals surface area contributed by atoms with Crippen molar-refractivity contribution in [3.05, 3.63) is 29.3 Å². The third-order valence-electron chi connectivity index (χ3n) is 3.35. The minimum absolute atomic E-state index is 0.0620. The maximum absolute atomic E-state index is 12.2. The predicted molar refractivity (Wildman–Crippen MR) is 98.3 cm³/mol. The van der Waals surface area contributed by atoms with Crippen LogP contribution in [0.4, 0.5) is 0 Å². The molecule has 0 spiro atoms. The van der Waals surface area contributed by atoms with Gasteiger partial charge in [0, 0.05) is 5.02 Å². The van der Waals surface area contributed by atoms with Gasteiger partial charge in [-0.15, -0.1) is 5.10 Å². The molecule has 1 amide bonds. The summed E-state index contributed by atoms with van der Waals surface area (Å²) in [6.07, 6.45) is 0.503. The Morgan fingerprint density at radius 1 is 1.38 bits per heavy atom. The van der Waals surface area contributed by atoms with Crippen molar-refractivity contribution in [1.29, 1.82) is 0 Å². The molecule has 1 heterocycles. The summed E-state index contributed by atoms with van der Waals surface area (Å²) in [5, 5.41) is 15.2. The summed E-state index contributed by atoms with van der Waals surface area (Å²) in [6.45, 7) is 3.94. The number of hydrogen-bond acceptors (Lipinski definition) is 7. The second-order valence-corrected chi connectivity index (χ2v) is 7.29. The van der Waals surface area contributed by atoms with Crippen LogP contribution in [0.15, 0.2) is 29.4 Å². The average molecular weight is 398 g/mol. The molecule has 2 aromatic rings. The van der Waals surface area contributed by atoms with Crippen molar-refractivity contribution in [2.24, 2.45) is 5.92 Å². The molecule has 1 N–H and O–H groups in total. The van der Waals surface area contributed by atoms with E-state index in [9.17, 15) is 9.59 Å². The fourth-order valence-electron chi connectivity index (χ4n) is 2.23. The van der Waals surface area contributed by atoms with E-state index in [0.717, 1.165) is 11.8 Å². The van der Waals surface area contributed by atoms with E-state index in [4.69, 9.17) is 16.3 Å². The van der Waals surface area contributed by atoms with Gasteiger partial charge in [-0.2, -0.15) is 4.68 Å². The SMILES string of the molecule is COC(=O)[C@H](CC(C)C)NC(=O)CSc1nnnn1-c1cccc(Cl)c1. The summed E-state index contributed by atoms with van der Waals surface area (Å²) < 4.78 is 6.24. The van der Waals surface area contributed by atoms with Crippen LogP contribution in [-0.2, 0) is 14.3 Å². The Bertz CT molecular complexity index is 768. The summed E-state index contributed by atoms with van der Waals surface area (Å²) in [6, 6.07) is 6.39. The summed E-state index contributed by atoms with van der Waals surface area (Å²) in [7, 11) is 1.30. The maximum Gasteiger partial charge on any atom is 0.328 e. The van der Waals surface area contributed by atoms with Gasteiger partial charge in [0.25, 0.3) is 0 Å². The number of ether oxygens (including phenoxy) is 1. The highest BCUT2D eigenvalue weighted by Crippen LogP contribution is 2.20. The molecular weight excluding hydrogens is 378 g/mol. The topological polar surface area (TPSA) is 99.0 Å². The molecule has 0 unspecified atom stereocenters. The molecule has 0 aliphatic carbocycles. The smallest absolute Gasteiger partial charge is 0.328 e. The van der Waals surface area contributed by atoms with Crippen LogP contribution in [0.1, 0.15) is 20.3 Å². The minimum atomic E-state index is -0.669. The fraction of sp³-hybridized carbons (Fsp3) is 0.438. The van der Waals surface area contributed by atoms with Crippen molar-refractivity contribution < 1.29 is 14.3 Å². The van der Waals surface area contributed by atoms with E-state index >= 15 is 0 Å². The molecule has 0 aliphatic heterocycles. The third-order valence-corrected chi connectivity index (χ3v) is 4.51.